The third-order valence-electron chi connectivity index (χ3n) is 2.70. The van der Waals surface area contributed by atoms with Gasteiger partial charge in [0, 0.05) is 16.3 Å². The van der Waals surface area contributed by atoms with Gasteiger partial charge in [0.2, 0.25) is 5.91 Å². The molecule has 2 heterocycles. The number of thiazole rings is 1. The van der Waals surface area contributed by atoms with Crippen LogP contribution < -0.4 is 5.32 Å². The highest BCUT2D eigenvalue weighted by Gasteiger charge is 2.18. The van der Waals surface area contributed by atoms with Crippen LogP contribution in [0.5, 0.6) is 0 Å². The number of carbonyl (C=O) groups is 2. The molecule has 1 amide bonds. The third-order valence-corrected chi connectivity index (χ3v) is 4.33. The Morgan fingerprint density at radius 1 is 1.45 bits per heavy atom. The summed E-state index contributed by atoms with van der Waals surface area (Å²) in [4.78, 5) is 27.0. The molecule has 0 fully saturated rings. The van der Waals surface area contributed by atoms with Gasteiger partial charge in [-0.25, -0.2) is 9.78 Å². The molecular weight excluding hydrogens is 296 g/mol. The number of carbonyl (C=O) groups excluding carboxylic acids is 1. The smallest absolute Gasteiger partial charge is 0.326 e. The van der Waals surface area contributed by atoms with Crippen molar-refractivity contribution in [1.82, 2.24) is 10.3 Å². The molecule has 7 heteroatoms. The molecule has 0 bridgehead atoms. The molecule has 0 radical (unpaired) electrons. The molecule has 0 aliphatic carbocycles. The number of nitrogens with one attached hydrogen (secondary N) is 1. The normalized spacial score (nSPS) is 12.1. The van der Waals surface area contributed by atoms with Crippen molar-refractivity contribution in [3.8, 4) is 10.6 Å². The highest BCUT2D eigenvalue weighted by molar-refractivity contribution is 7.14. The van der Waals surface area contributed by atoms with Crippen molar-refractivity contribution in [2.75, 3.05) is 0 Å². The van der Waals surface area contributed by atoms with E-state index in [2.05, 4.69) is 10.3 Å². The zero-order chi connectivity index (χ0) is 14.5. The van der Waals surface area contributed by atoms with Gasteiger partial charge in [-0.15, -0.1) is 11.3 Å². The van der Waals surface area contributed by atoms with Crippen LogP contribution in [0.2, 0.25) is 0 Å². The van der Waals surface area contributed by atoms with Crippen molar-refractivity contribution in [3.63, 3.8) is 0 Å². The van der Waals surface area contributed by atoms with Gasteiger partial charge in [-0.3, -0.25) is 4.79 Å². The van der Waals surface area contributed by atoms with Crippen LogP contribution >= 0.6 is 22.7 Å². The molecular formula is C13H14N2O3S2. The number of aromatic nitrogens is 1. The van der Waals surface area contributed by atoms with Gasteiger partial charge in [0.05, 0.1) is 12.1 Å². The Hall–Kier alpha value is -1.73. The Balaban J connectivity index is 1.97. The summed E-state index contributed by atoms with van der Waals surface area (Å²) in [6.07, 6.45) is 0.461. The Morgan fingerprint density at radius 2 is 2.25 bits per heavy atom. The Labute approximate surface area is 124 Å². The molecule has 2 N–H and O–H groups in total. The number of hydrogen-bond acceptors (Lipinski definition) is 5. The van der Waals surface area contributed by atoms with Crippen molar-refractivity contribution in [2.24, 2.45) is 0 Å². The van der Waals surface area contributed by atoms with E-state index in [1.54, 1.807) is 18.3 Å². The summed E-state index contributed by atoms with van der Waals surface area (Å²) in [6.45, 7) is 1.72. The summed E-state index contributed by atoms with van der Waals surface area (Å²) in [5.41, 5.74) is 1.71. The van der Waals surface area contributed by atoms with Gasteiger partial charge in [0.1, 0.15) is 11.0 Å². The first kappa shape index (κ1) is 14.7. The maximum atomic E-state index is 11.8. The van der Waals surface area contributed by atoms with Gasteiger partial charge in [-0.1, -0.05) is 6.92 Å². The van der Waals surface area contributed by atoms with Crippen LogP contribution in [0.3, 0.4) is 0 Å². The van der Waals surface area contributed by atoms with Crippen molar-refractivity contribution >= 4 is 34.6 Å². The zero-order valence-corrected chi connectivity index (χ0v) is 12.5. The first-order chi connectivity index (χ1) is 9.60. The van der Waals surface area contributed by atoms with Gasteiger partial charge in [0.25, 0.3) is 0 Å². The average Bonchev–Trinajstić information content (AvgIpc) is 3.05. The van der Waals surface area contributed by atoms with Gasteiger partial charge < -0.3 is 10.4 Å². The van der Waals surface area contributed by atoms with Gasteiger partial charge in [-0.2, -0.15) is 11.3 Å². The van der Waals surface area contributed by atoms with Crippen molar-refractivity contribution < 1.29 is 14.7 Å². The standard InChI is InChI=1S/C13H14N2O3S2/c1-2-10(13(17)18)15-11(16)5-9-7-20-12(14-9)8-3-4-19-6-8/h3-4,6-7,10H,2,5H2,1H3,(H,15,16)(H,17,18)/t10-/m1/s1. The fraction of sp³-hybridized carbons (Fsp3) is 0.308. The molecule has 2 aromatic rings. The van der Waals surface area contributed by atoms with Crippen molar-refractivity contribution in [2.45, 2.75) is 25.8 Å². The van der Waals surface area contributed by atoms with E-state index < -0.39 is 12.0 Å². The second-order valence-corrected chi connectivity index (χ2v) is 5.84. The van der Waals surface area contributed by atoms with E-state index in [0.29, 0.717) is 12.1 Å². The zero-order valence-electron chi connectivity index (χ0n) is 10.8. The third kappa shape index (κ3) is 3.64. The molecule has 0 unspecified atom stereocenters. The van der Waals surface area contributed by atoms with E-state index in [4.69, 9.17) is 5.11 Å². The van der Waals surface area contributed by atoms with Crippen LogP contribution in [0, 0.1) is 0 Å². The molecule has 1 atom stereocenters. The SMILES string of the molecule is CC[C@@H](NC(=O)Cc1csc(-c2ccsc2)n1)C(=O)O. The number of nitrogens with zero attached hydrogens (tertiary/aromatic N) is 1. The number of hydrogen-bond donors (Lipinski definition) is 2. The molecule has 2 rings (SSSR count). The molecule has 0 spiro atoms. The van der Waals surface area contributed by atoms with E-state index in [-0.39, 0.29) is 12.3 Å². The van der Waals surface area contributed by atoms with Crippen molar-refractivity contribution in [3.05, 3.63) is 27.9 Å². The number of aliphatic carboxylic acids is 1. The quantitative estimate of drug-likeness (QED) is 0.858. The summed E-state index contributed by atoms with van der Waals surface area (Å²) in [5.74, 6) is -1.33. The van der Waals surface area contributed by atoms with Crippen LogP contribution in [0.1, 0.15) is 19.0 Å². The van der Waals surface area contributed by atoms with Gasteiger partial charge in [-0.05, 0) is 17.9 Å². The minimum Gasteiger partial charge on any atom is -0.480 e. The molecule has 2 aromatic heterocycles. The fourth-order valence-electron chi connectivity index (χ4n) is 1.66. The average molecular weight is 310 g/mol. The fourth-order valence-corrected chi connectivity index (χ4v) is 3.19. The lowest BCUT2D eigenvalue weighted by atomic mass is 10.2. The van der Waals surface area contributed by atoms with Gasteiger partial charge in [0.15, 0.2) is 0 Å². The minimum atomic E-state index is -1.02. The lowest BCUT2D eigenvalue weighted by Gasteiger charge is -2.11. The molecule has 0 saturated heterocycles. The molecule has 20 heavy (non-hydrogen) atoms. The number of carboxylic acids is 1. The lowest BCUT2D eigenvalue weighted by molar-refractivity contribution is -0.141. The summed E-state index contributed by atoms with van der Waals surface area (Å²) in [7, 11) is 0. The molecule has 0 saturated carbocycles. The van der Waals surface area contributed by atoms with Crippen LogP contribution in [0.4, 0.5) is 0 Å². The predicted octanol–water partition coefficient (Wildman–Crippen LogP) is 2.39. The van der Waals surface area contributed by atoms with E-state index in [1.165, 1.54) is 11.3 Å². The first-order valence-corrected chi connectivity index (χ1v) is 7.91. The van der Waals surface area contributed by atoms with E-state index in [1.807, 2.05) is 22.2 Å². The summed E-state index contributed by atoms with van der Waals surface area (Å²) < 4.78 is 0. The van der Waals surface area contributed by atoms with E-state index in [9.17, 15) is 9.59 Å². The number of rotatable bonds is 6. The maximum Gasteiger partial charge on any atom is 0.326 e. The Bertz CT molecular complexity index is 593. The van der Waals surface area contributed by atoms with Crippen LogP contribution in [-0.2, 0) is 16.0 Å². The highest BCUT2D eigenvalue weighted by atomic mass is 32.1. The first-order valence-electron chi connectivity index (χ1n) is 6.09. The summed E-state index contributed by atoms with van der Waals surface area (Å²) in [6, 6.07) is 1.14. The Kier molecular flexibility index (Phi) is 4.86. The topological polar surface area (TPSA) is 79.3 Å². The largest absolute Gasteiger partial charge is 0.480 e. The number of amides is 1. The second-order valence-electron chi connectivity index (χ2n) is 4.20. The second kappa shape index (κ2) is 6.62. The van der Waals surface area contributed by atoms with Crippen LogP contribution in [-0.4, -0.2) is 28.0 Å². The van der Waals surface area contributed by atoms with Crippen molar-refractivity contribution in [1.29, 1.82) is 0 Å². The van der Waals surface area contributed by atoms with Crippen LogP contribution in [0.15, 0.2) is 22.2 Å². The maximum absolute atomic E-state index is 11.8. The monoisotopic (exact) mass is 310 g/mol. The number of thiophene rings is 1. The minimum absolute atomic E-state index is 0.102. The van der Waals surface area contributed by atoms with Crippen LogP contribution in [0.25, 0.3) is 10.6 Å². The van der Waals surface area contributed by atoms with E-state index >= 15 is 0 Å². The molecule has 0 aliphatic rings. The van der Waals surface area contributed by atoms with E-state index in [0.717, 1.165) is 10.6 Å². The summed E-state index contributed by atoms with van der Waals surface area (Å²) >= 11 is 3.07. The molecule has 0 aromatic carbocycles. The van der Waals surface area contributed by atoms with Gasteiger partial charge >= 0.3 is 5.97 Å². The summed E-state index contributed by atoms with van der Waals surface area (Å²) in [5, 5.41) is 18.1. The highest BCUT2D eigenvalue weighted by Crippen LogP contribution is 2.25. The Morgan fingerprint density at radius 3 is 2.85 bits per heavy atom. The molecule has 5 nitrogen and oxygen atoms in total. The number of carboxylic acid groups (broad SMARTS) is 1. The predicted molar refractivity (Wildman–Crippen MR) is 79.0 cm³/mol. The lowest BCUT2D eigenvalue weighted by Crippen LogP contribution is -2.41. The molecule has 106 valence electrons. The molecule has 0 aliphatic heterocycles.